The average Bonchev–Trinajstić information content (AvgIpc) is 3.23. The number of nitrogens with zero attached hydrogens (tertiary/aromatic N) is 4. The molecule has 1 N–H and O–H groups in total. The number of anilines is 2. The monoisotopic (exact) mass is 490 g/mol. The fourth-order valence-corrected chi connectivity index (χ4v) is 5.73. The summed E-state index contributed by atoms with van der Waals surface area (Å²) < 4.78 is 18.4. The number of hydrogen-bond acceptors (Lipinski definition) is 8. The van der Waals surface area contributed by atoms with E-state index in [1.807, 2.05) is 43.0 Å². The van der Waals surface area contributed by atoms with Crippen LogP contribution in [0.1, 0.15) is 32.3 Å². The number of piperidine rings is 1. The summed E-state index contributed by atoms with van der Waals surface area (Å²) in [5.41, 5.74) is 2.16. The lowest BCUT2D eigenvalue weighted by atomic mass is 10.1. The summed E-state index contributed by atoms with van der Waals surface area (Å²) in [6.45, 7) is 6.13. The van der Waals surface area contributed by atoms with Gasteiger partial charge in [-0.3, -0.25) is 9.00 Å². The number of carbonyl (C=O) groups excluding carboxylic acids is 1. The van der Waals surface area contributed by atoms with Gasteiger partial charge >= 0.3 is 0 Å². The van der Waals surface area contributed by atoms with Crippen molar-refractivity contribution in [1.82, 2.24) is 14.9 Å². The Morgan fingerprint density at radius 2 is 2.03 bits per heavy atom. The van der Waals surface area contributed by atoms with Crippen molar-refractivity contribution in [3.8, 4) is 5.88 Å². The van der Waals surface area contributed by atoms with Crippen molar-refractivity contribution < 1.29 is 18.8 Å². The summed E-state index contributed by atoms with van der Waals surface area (Å²) in [4.78, 5) is 25.8. The van der Waals surface area contributed by atoms with Gasteiger partial charge in [0.1, 0.15) is 18.2 Å². The highest BCUT2D eigenvalue weighted by molar-refractivity contribution is 8.14. The van der Waals surface area contributed by atoms with E-state index in [0.29, 0.717) is 19.0 Å². The number of amides is 1. The van der Waals surface area contributed by atoms with Crippen LogP contribution >= 0.6 is 11.8 Å². The van der Waals surface area contributed by atoms with Crippen molar-refractivity contribution in [1.29, 1.82) is 0 Å². The largest absolute Gasteiger partial charge is 0.474 e. The fourth-order valence-electron chi connectivity index (χ4n) is 4.10. The molecule has 0 spiro atoms. The molecular weight excluding hydrogens is 460 g/mol. The highest BCUT2D eigenvalue weighted by Gasteiger charge is 2.26. The first kappa shape index (κ1) is 24.0. The number of fused-ring (bicyclic) bond motifs is 1. The number of thioether (sulfide) groups is 1. The highest BCUT2D eigenvalue weighted by Crippen LogP contribution is 2.35. The molecule has 2 aromatic rings. The van der Waals surface area contributed by atoms with Gasteiger partial charge in [-0.2, -0.15) is 0 Å². The van der Waals surface area contributed by atoms with E-state index in [1.165, 1.54) is 18.1 Å². The SMILES string of the molecule is CC(C)SC(=O)N1CCC(Oc2cc(N3CCc4cc(S(=O)CCO)ccc43)ncn2)CC1. The van der Waals surface area contributed by atoms with Crippen LogP contribution in [0.3, 0.4) is 0 Å². The Morgan fingerprint density at radius 3 is 2.76 bits per heavy atom. The van der Waals surface area contributed by atoms with E-state index < -0.39 is 10.8 Å². The second kappa shape index (κ2) is 10.8. The number of hydrogen-bond donors (Lipinski definition) is 1. The molecule has 1 amide bonds. The molecule has 1 aromatic heterocycles. The van der Waals surface area contributed by atoms with Crippen LogP contribution in [-0.4, -0.2) is 72.8 Å². The number of aliphatic hydroxyl groups excluding tert-OH is 1. The third kappa shape index (κ3) is 5.85. The first-order chi connectivity index (χ1) is 15.9. The lowest BCUT2D eigenvalue weighted by molar-refractivity contribution is 0.115. The Hall–Kier alpha value is -2.17. The van der Waals surface area contributed by atoms with Crippen LogP contribution in [0.4, 0.5) is 16.3 Å². The number of aliphatic hydroxyl groups is 1. The summed E-state index contributed by atoms with van der Waals surface area (Å²) in [5, 5.41) is 9.48. The molecule has 2 aliphatic rings. The zero-order valence-electron chi connectivity index (χ0n) is 19.0. The summed E-state index contributed by atoms with van der Waals surface area (Å²) in [5.74, 6) is 1.55. The predicted octanol–water partition coefficient (Wildman–Crippen LogP) is 3.38. The quantitative estimate of drug-likeness (QED) is 0.631. The van der Waals surface area contributed by atoms with Gasteiger partial charge in [-0.15, -0.1) is 0 Å². The van der Waals surface area contributed by atoms with Gasteiger partial charge in [0.15, 0.2) is 0 Å². The van der Waals surface area contributed by atoms with Crippen LogP contribution < -0.4 is 9.64 Å². The summed E-state index contributed by atoms with van der Waals surface area (Å²) in [6, 6.07) is 7.65. The summed E-state index contributed by atoms with van der Waals surface area (Å²) >= 11 is 1.37. The Balaban J connectivity index is 1.39. The molecule has 0 saturated carbocycles. The molecule has 1 fully saturated rings. The van der Waals surface area contributed by atoms with Gasteiger partial charge in [-0.1, -0.05) is 25.6 Å². The predicted molar refractivity (Wildman–Crippen MR) is 131 cm³/mol. The Bertz CT molecular complexity index is 1010. The van der Waals surface area contributed by atoms with Crippen molar-refractivity contribution in [3.05, 3.63) is 36.2 Å². The molecule has 0 aliphatic carbocycles. The lowest BCUT2D eigenvalue weighted by Crippen LogP contribution is -2.40. The third-order valence-electron chi connectivity index (χ3n) is 5.71. The zero-order chi connectivity index (χ0) is 23.4. The standard InChI is InChI=1S/C23H30N4O4S2/c1-16(2)32-23(29)26-8-6-18(7-9-26)31-22-14-21(24-15-25-22)27-10-5-17-13-19(3-4-20(17)27)33(30)12-11-28/h3-4,13-16,18,28H,5-12H2,1-2H3. The van der Waals surface area contributed by atoms with Crippen LogP contribution in [0.2, 0.25) is 0 Å². The van der Waals surface area contributed by atoms with Crippen molar-refractivity contribution in [3.63, 3.8) is 0 Å². The lowest BCUT2D eigenvalue weighted by Gasteiger charge is -2.32. The van der Waals surface area contributed by atoms with E-state index in [2.05, 4.69) is 14.9 Å². The molecule has 1 saturated heterocycles. The topological polar surface area (TPSA) is 95.9 Å². The second-order valence-corrected chi connectivity index (χ2v) is 11.5. The summed E-state index contributed by atoms with van der Waals surface area (Å²) in [7, 11) is -1.19. The van der Waals surface area contributed by atoms with Gasteiger partial charge in [0, 0.05) is 54.4 Å². The molecule has 178 valence electrons. The van der Waals surface area contributed by atoms with E-state index in [9.17, 15) is 9.00 Å². The molecular formula is C23H30N4O4S2. The maximum absolute atomic E-state index is 12.3. The van der Waals surface area contributed by atoms with Gasteiger partial charge in [-0.05, 0) is 30.2 Å². The number of carbonyl (C=O) groups is 1. The van der Waals surface area contributed by atoms with Crippen LogP contribution in [0.15, 0.2) is 35.5 Å². The maximum atomic E-state index is 12.3. The van der Waals surface area contributed by atoms with E-state index >= 15 is 0 Å². The molecule has 33 heavy (non-hydrogen) atoms. The molecule has 0 radical (unpaired) electrons. The Morgan fingerprint density at radius 1 is 1.24 bits per heavy atom. The van der Waals surface area contributed by atoms with Crippen LogP contribution in [-0.2, 0) is 17.2 Å². The second-order valence-electron chi connectivity index (χ2n) is 8.42. The van der Waals surface area contributed by atoms with E-state index in [0.717, 1.165) is 47.8 Å². The van der Waals surface area contributed by atoms with Crippen molar-refractivity contribution in [2.45, 2.75) is 49.4 Å². The number of likely N-dealkylation sites (tertiary alicyclic amines) is 1. The minimum atomic E-state index is -1.19. The minimum Gasteiger partial charge on any atom is -0.474 e. The van der Waals surface area contributed by atoms with E-state index in [1.54, 1.807) is 0 Å². The van der Waals surface area contributed by atoms with E-state index in [-0.39, 0.29) is 29.0 Å². The fraction of sp³-hybridized carbons (Fsp3) is 0.522. The van der Waals surface area contributed by atoms with Crippen molar-refractivity contribution >= 4 is 39.3 Å². The zero-order valence-corrected chi connectivity index (χ0v) is 20.6. The van der Waals surface area contributed by atoms with Crippen LogP contribution in [0, 0.1) is 0 Å². The molecule has 1 unspecified atom stereocenters. The molecule has 2 aliphatic heterocycles. The molecule has 4 rings (SSSR count). The van der Waals surface area contributed by atoms with Crippen LogP contribution in [0.5, 0.6) is 5.88 Å². The molecule has 3 heterocycles. The highest BCUT2D eigenvalue weighted by atomic mass is 32.2. The van der Waals surface area contributed by atoms with Crippen molar-refractivity contribution in [2.75, 3.05) is 36.9 Å². The molecule has 8 nitrogen and oxygen atoms in total. The number of rotatable bonds is 7. The average molecular weight is 491 g/mol. The van der Waals surface area contributed by atoms with Gasteiger partial charge in [0.2, 0.25) is 5.88 Å². The third-order valence-corrected chi connectivity index (χ3v) is 7.98. The first-order valence-corrected chi connectivity index (χ1v) is 13.5. The van der Waals surface area contributed by atoms with Crippen molar-refractivity contribution in [2.24, 2.45) is 0 Å². The molecule has 0 bridgehead atoms. The van der Waals surface area contributed by atoms with E-state index in [4.69, 9.17) is 9.84 Å². The maximum Gasteiger partial charge on any atom is 0.281 e. The molecule has 1 aromatic carbocycles. The van der Waals surface area contributed by atoms with Gasteiger partial charge in [0.05, 0.1) is 23.2 Å². The molecule has 10 heteroatoms. The van der Waals surface area contributed by atoms with Gasteiger partial charge in [0.25, 0.3) is 5.24 Å². The summed E-state index contributed by atoms with van der Waals surface area (Å²) in [6.07, 6.45) is 3.94. The Kier molecular flexibility index (Phi) is 7.87. The van der Waals surface area contributed by atoms with Gasteiger partial charge < -0.3 is 19.6 Å². The number of ether oxygens (including phenoxy) is 1. The normalized spacial score (nSPS) is 17.3. The number of aromatic nitrogens is 2. The molecule has 1 atom stereocenters. The smallest absolute Gasteiger partial charge is 0.281 e. The number of benzene rings is 1. The Labute approximate surface area is 201 Å². The minimum absolute atomic E-state index is 0.0239. The first-order valence-electron chi connectivity index (χ1n) is 11.3. The van der Waals surface area contributed by atoms with Gasteiger partial charge in [-0.25, -0.2) is 9.97 Å². The van der Waals surface area contributed by atoms with Crippen LogP contribution in [0.25, 0.3) is 0 Å².